The number of hydrogen-bond acceptors (Lipinski definition) is 3. The number of amides is 1. The predicted molar refractivity (Wildman–Crippen MR) is 103 cm³/mol. The first-order valence-corrected chi connectivity index (χ1v) is 8.88. The van der Waals surface area contributed by atoms with Crippen molar-refractivity contribution in [2.45, 2.75) is 39.4 Å². The molecule has 0 bridgehead atoms. The minimum absolute atomic E-state index is 0.0547. The van der Waals surface area contributed by atoms with Crippen molar-refractivity contribution in [3.05, 3.63) is 76.7 Å². The van der Waals surface area contributed by atoms with Gasteiger partial charge in [-0.3, -0.25) is 9.59 Å². The zero-order valence-corrected chi connectivity index (χ0v) is 15.1. The lowest BCUT2D eigenvalue weighted by molar-refractivity contribution is -0.134. The molecule has 5 nitrogen and oxygen atoms in total. The van der Waals surface area contributed by atoms with E-state index in [1.807, 2.05) is 60.4 Å². The number of benzene rings is 2. The molecule has 0 aliphatic rings. The second kappa shape index (κ2) is 7.95. The van der Waals surface area contributed by atoms with Gasteiger partial charge in [-0.1, -0.05) is 55.5 Å². The number of hydrogen-bond donors (Lipinski definition) is 0. The number of fused-ring (bicyclic) bond motifs is 1. The first-order valence-electron chi connectivity index (χ1n) is 8.88. The van der Waals surface area contributed by atoms with Crippen LogP contribution in [-0.4, -0.2) is 26.6 Å². The Balaban J connectivity index is 1.86. The molecule has 0 spiro atoms. The van der Waals surface area contributed by atoms with Crippen LogP contribution in [-0.2, 0) is 17.9 Å². The maximum Gasteiger partial charge on any atom is 0.275 e. The smallest absolute Gasteiger partial charge is 0.275 e. The van der Waals surface area contributed by atoms with Crippen molar-refractivity contribution in [3.8, 4) is 0 Å². The summed E-state index contributed by atoms with van der Waals surface area (Å²) >= 11 is 0. The molecule has 1 amide bonds. The third-order valence-corrected chi connectivity index (χ3v) is 4.69. The number of carbonyl (C=O) groups excluding carboxylic acids is 1. The summed E-state index contributed by atoms with van der Waals surface area (Å²) < 4.78 is 1.25. The molecule has 1 heterocycles. The van der Waals surface area contributed by atoms with Crippen molar-refractivity contribution in [1.82, 2.24) is 14.7 Å². The van der Waals surface area contributed by atoms with Crippen LogP contribution in [0, 0.1) is 0 Å². The van der Waals surface area contributed by atoms with Gasteiger partial charge in [-0.15, -0.1) is 0 Å². The topological polar surface area (TPSA) is 55.2 Å². The lowest BCUT2D eigenvalue weighted by Crippen LogP contribution is -2.41. The van der Waals surface area contributed by atoms with E-state index in [1.54, 1.807) is 12.3 Å². The highest BCUT2D eigenvalue weighted by atomic mass is 16.2. The molecule has 3 aromatic rings. The van der Waals surface area contributed by atoms with Crippen LogP contribution in [0.5, 0.6) is 0 Å². The van der Waals surface area contributed by atoms with Gasteiger partial charge in [0.1, 0.15) is 6.54 Å². The predicted octanol–water partition coefficient (Wildman–Crippen LogP) is 3.22. The zero-order valence-electron chi connectivity index (χ0n) is 15.1. The van der Waals surface area contributed by atoms with Gasteiger partial charge in [0.2, 0.25) is 5.91 Å². The Morgan fingerprint density at radius 1 is 1.12 bits per heavy atom. The first-order chi connectivity index (χ1) is 12.6. The fourth-order valence-corrected chi connectivity index (χ4v) is 2.95. The van der Waals surface area contributed by atoms with E-state index in [-0.39, 0.29) is 24.1 Å². The molecule has 0 saturated heterocycles. The van der Waals surface area contributed by atoms with Crippen LogP contribution in [0.4, 0.5) is 0 Å². The molecule has 1 unspecified atom stereocenters. The Labute approximate surface area is 152 Å². The highest BCUT2D eigenvalue weighted by molar-refractivity contribution is 5.81. The molecule has 0 aliphatic carbocycles. The molecule has 3 rings (SSSR count). The van der Waals surface area contributed by atoms with Gasteiger partial charge in [-0.25, -0.2) is 4.68 Å². The molecule has 0 N–H and O–H groups in total. The van der Waals surface area contributed by atoms with Gasteiger partial charge in [0.15, 0.2) is 0 Å². The Kier molecular flexibility index (Phi) is 5.46. The number of carbonyl (C=O) groups is 1. The average Bonchev–Trinajstić information content (AvgIpc) is 2.68. The van der Waals surface area contributed by atoms with Gasteiger partial charge < -0.3 is 4.90 Å². The average molecular weight is 349 g/mol. The Morgan fingerprint density at radius 3 is 2.54 bits per heavy atom. The maximum absolute atomic E-state index is 12.9. The minimum Gasteiger partial charge on any atom is -0.334 e. The minimum atomic E-state index is -0.236. The monoisotopic (exact) mass is 349 g/mol. The van der Waals surface area contributed by atoms with E-state index in [1.165, 1.54) is 4.68 Å². The van der Waals surface area contributed by atoms with Crippen molar-refractivity contribution in [3.63, 3.8) is 0 Å². The molecule has 0 aliphatic heterocycles. The highest BCUT2D eigenvalue weighted by Gasteiger charge is 2.20. The van der Waals surface area contributed by atoms with Gasteiger partial charge >= 0.3 is 0 Å². The highest BCUT2D eigenvalue weighted by Crippen LogP contribution is 2.12. The Bertz CT molecular complexity index is 950. The number of aromatic nitrogens is 2. The van der Waals surface area contributed by atoms with E-state index in [9.17, 15) is 9.59 Å². The fraction of sp³-hybridized carbons (Fsp3) is 0.286. The molecule has 0 radical (unpaired) electrons. The van der Waals surface area contributed by atoms with E-state index < -0.39 is 0 Å². The quantitative estimate of drug-likeness (QED) is 0.686. The summed E-state index contributed by atoms with van der Waals surface area (Å²) in [4.78, 5) is 27.4. The van der Waals surface area contributed by atoms with Gasteiger partial charge in [0, 0.05) is 18.0 Å². The lowest BCUT2D eigenvalue weighted by Gasteiger charge is -2.29. The van der Waals surface area contributed by atoms with Crippen molar-refractivity contribution in [2.24, 2.45) is 0 Å². The van der Waals surface area contributed by atoms with Crippen molar-refractivity contribution < 1.29 is 4.79 Å². The van der Waals surface area contributed by atoms with Crippen LogP contribution < -0.4 is 5.56 Å². The summed E-state index contributed by atoms with van der Waals surface area (Å²) in [5, 5.41) is 5.54. The van der Waals surface area contributed by atoms with E-state index in [4.69, 9.17) is 0 Å². The summed E-state index contributed by atoms with van der Waals surface area (Å²) in [5.74, 6) is -0.104. The molecule has 0 saturated carbocycles. The molecular formula is C21H23N3O2. The number of nitrogens with zero attached hydrogens (tertiary/aromatic N) is 3. The van der Waals surface area contributed by atoms with Crippen molar-refractivity contribution in [1.29, 1.82) is 0 Å². The van der Waals surface area contributed by atoms with Gasteiger partial charge in [0.05, 0.1) is 11.6 Å². The number of rotatable bonds is 6. The van der Waals surface area contributed by atoms with Gasteiger partial charge in [-0.05, 0) is 25.0 Å². The van der Waals surface area contributed by atoms with Crippen LogP contribution in [0.25, 0.3) is 10.8 Å². The summed E-state index contributed by atoms with van der Waals surface area (Å²) in [7, 11) is 0. The van der Waals surface area contributed by atoms with E-state index in [2.05, 4.69) is 12.0 Å². The zero-order chi connectivity index (χ0) is 18.5. The van der Waals surface area contributed by atoms with E-state index >= 15 is 0 Å². The second-order valence-electron chi connectivity index (χ2n) is 6.46. The largest absolute Gasteiger partial charge is 0.334 e. The molecule has 0 fully saturated rings. The van der Waals surface area contributed by atoms with Gasteiger partial charge in [-0.2, -0.15) is 5.10 Å². The molecule has 2 aromatic carbocycles. The summed E-state index contributed by atoms with van der Waals surface area (Å²) in [6, 6.07) is 17.3. The summed E-state index contributed by atoms with van der Waals surface area (Å²) in [5.41, 5.74) is 0.834. The Morgan fingerprint density at radius 2 is 1.81 bits per heavy atom. The maximum atomic E-state index is 12.9. The SMILES string of the molecule is CCC(C)N(Cc1ccccc1)C(=O)Cn1ncc2ccccc2c1=O. The van der Waals surface area contributed by atoms with Crippen LogP contribution in [0.15, 0.2) is 65.6 Å². The van der Waals surface area contributed by atoms with E-state index in [0.717, 1.165) is 17.4 Å². The standard InChI is InChI=1S/C21H23N3O2/c1-3-16(2)23(14-17-9-5-4-6-10-17)20(25)15-24-21(26)19-12-8-7-11-18(19)13-22-24/h4-13,16H,3,14-15H2,1-2H3. The van der Waals surface area contributed by atoms with Crippen LogP contribution >= 0.6 is 0 Å². The van der Waals surface area contributed by atoms with Crippen molar-refractivity contribution >= 4 is 16.7 Å². The van der Waals surface area contributed by atoms with Crippen LogP contribution in [0.1, 0.15) is 25.8 Å². The third kappa shape index (κ3) is 3.82. The second-order valence-corrected chi connectivity index (χ2v) is 6.46. The molecule has 5 heteroatoms. The normalized spacial score (nSPS) is 12.1. The lowest BCUT2D eigenvalue weighted by atomic mass is 10.1. The molecule has 26 heavy (non-hydrogen) atoms. The third-order valence-electron chi connectivity index (χ3n) is 4.69. The molecule has 1 atom stereocenters. The van der Waals surface area contributed by atoms with Crippen LogP contribution in [0.2, 0.25) is 0 Å². The Hall–Kier alpha value is -2.95. The van der Waals surface area contributed by atoms with Crippen molar-refractivity contribution in [2.75, 3.05) is 0 Å². The van der Waals surface area contributed by atoms with E-state index in [0.29, 0.717) is 11.9 Å². The molecule has 1 aromatic heterocycles. The summed E-state index contributed by atoms with van der Waals surface area (Å²) in [6.07, 6.45) is 2.48. The fourth-order valence-electron chi connectivity index (χ4n) is 2.95. The summed E-state index contributed by atoms with van der Waals surface area (Å²) in [6.45, 7) is 4.55. The molecular weight excluding hydrogens is 326 g/mol. The molecule has 134 valence electrons. The van der Waals surface area contributed by atoms with Crippen LogP contribution in [0.3, 0.4) is 0 Å². The first kappa shape index (κ1) is 17.9. The van der Waals surface area contributed by atoms with Gasteiger partial charge in [0.25, 0.3) is 5.56 Å².